The smallest absolute Gasteiger partial charge is 0.306 e. The summed E-state index contributed by atoms with van der Waals surface area (Å²) in [5.74, 6) is -0.417. The molecule has 0 aromatic carbocycles. The summed E-state index contributed by atoms with van der Waals surface area (Å²) < 4.78 is 17.4. The number of allylic oxidation sites excluding steroid dienone is 10. The molecule has 5 heteroatoms. The Morgan fingerprint density at radius 2 is 0.750 bits per heavy atom. The van der Waals surface area contributed by atoms with Crippen LogP contribution in [0.15, 0.2) is 60.8 Å². The van der Waals surface area contributed by atoms with E-state index in [4.69, 9.17) is 14.2 Å². The van der Waals surface area contributed by atoms with Crippen LogP contribution in [0, 0.1) is 0 Å². The van der Waals surface area contributed by atoms with Gasteiger partial charge in [-0.25, -0.2) is 0 Å². The topological polar surface area (TPSA) is 61.8 Å². The van der Waals surface area contributed by atoms with Gasteiger partial charge < -0.3 is 14.2 Å². The maximum atomic E-state index is 12.8. The van der Waals surface area contributed by atoms with Gasteiger partial charge in [0.25, 0.3) is 0 Å². The largest absolute Gasteiger partial charge is 0.462 e. The van der Waals surface area contributed by atoms with Gasteiger partial charge in [0.15, 0.2) is 6.10 Å². The SMILES string of the molecule is CC/C=C\C/C=C\C/C=C\CCCCCCCCCC(=O)OCC(COCCCCCCCCCCCCCC)OC(=O)CCCCCCC/C=C\C/C=C\CCCCC. The number of ether oxygens (including phenoxy) is 3. The normalized spacial score (nSPS) is 12.7. The second-order valence-corrected chi connectivity index (χ2v) is 17.0. The van der Waals surface area contributed by atoms with Crippen LogP contribution in [-0.2, 0) is 23.8 Å². The van der Waals surface area contributed by atoms with Gasteiger partial charge in [0.1, 0.15) is 6.61 Å². The monoisotopic (exact) mass is 839 g/mol. The zero-order valence-electron chi connectivity index (χ0n) is 40.0. The van der Waals surface area contributed by atoms with Crippen molar-refractivity contribution in [2.75, 3.05) is 19.8 Å². The van der Waals surface area contributed by atoms with E-state index in [1.165, 1.54) is 128 Å². The molecule has 0 radical (unpaired) electrons. The van der Waals surface area contributed by atoms with Gasteiger partial charge in [-0.2, -0.15) is 0 Å². The van der Waals surface area contributed by atoms with E-state index in [0.717, 1.165) is 89.9 Å². The lowest BCUT2D eigenvalue weighted by atomic mass is 10.1. The molecule has 1 atom stereocenters. The molecular formula is C55H98O5. The van der Waals surface area contributed by atoms with Crippen molar-refractivity contribution < 1.29 is 23.8 Å². The summed E-state index contributed by atoms with van der Waals surface area (Å²) in [6.07, 6.45) is 63.6. The predicted octanol–water partition coefficient (Wildman–Crippen LogP) is 17.3. The minimum atomic E-state index is -0.545. The van der Waals surface area contributed by atoms with Crippen LogP contribution in [0.2, 0.25) is 0 Å². The van der Waals surface area contributed by atoms with Gasteiger partial charge in [0.2, 0.25) is 0 Å². The summed E-state index contributed by atoms with van der Waals surface area (Å²) in [6, 6.07) is 0. The van der Waals surface area contributed by atoms with Crippen molar-refractivity contribution in [3.8, 4) is 0 Å². The number of hydrogen-bond acceptors (Lipinski definition) is 5. The van der Waals surface area contributed by atoms with Crippen LogP contribution in [0.3, 0.4) is 0 Å². The maximum Gasteiger partial charge on any atom is 0.306 e. The molecule has 1 unspecified atom stereocenters. The Morgan fingerprint density at radius 3 is 1.23 bits per heavy atom. The molecule has 5 nitrogen and oxygen atoms in total. The van der Waals surface area contributed by atoms with Crippen molar-refractivity contribution in [1.82, 2.24) is 0 Å². The van der Waals surface area contributed by atoms with Gasteiger partial charge in [-0.15, -0.1) is 0 Å². The number of hydrogen-bond donors (Lipinski definition) is 0. The maximum absolute atomic E-state index is 12.8. The van der Waals surface area contributed by atoms with Gasteiger partial charge in [-0.1, -0.05) is 216 Å². The Bertz CT molecular complexity index is 1040. The first-order valence-electron chi connectivity index (χ1n) is 25.8. The van der Waals surface area contributed by atoms with E-state index in [9.17, 15) is 9.59 Å². The van der Waals surface area contributed by atoms with Crippen LogP contribution in [0.5, 0.6) is 0 Å². The van der Waals surface area contributed by atoms with Crippen molar-refractivity contribution in [2.24, 2.45) is 0 Å². The second-order valence-electron chi connectivity index (χ2n) is 17.0. The van der Waals surface area contributed by atoms with E-state index in [0.29, 0.717) is 19.4 Å². The standard InChI is InChI=1S/C55H98O5/c1-4-7-10-13-16-19-22-25-27-28-30-31-33-36-39-42-45-48-54(56)59-52-53(51-58-50-47-44-41-38-35-24-21-18-15-12-9-6-3)60-55(57)49-46-43-40-37-34-32-29-26-23-20-17-14-11-8-5-2/h7,10,16-17,19-20,25-27,29,53H,4-6,8-9,11-15,18,21-24,28,30-52H2,1-3H3/b10-7-,19-16-,20-17-,27-25-,29-26-. The fourth-order valence-corrected chi connectivity index (χ4v) is 7.20. The third-order valence-corrected chi connectivity index (χ3v) is 11.0. The number of carbonyl (C=O) groups is 2. The van der Waals surface area contributed by atoms with E-state index in [1.54, 1.807) is 0 Å². The molecule has 60 heavy (non-hydrogen) atoms. The van der Waals surface area contributed by atoms with Gasteiger partial charge >= 0.3 is 11.9 Å². The molecule has 0 rings (SSSR count). The first kappa shape index (κ1) is 57.6. The Morgan fingerprint density at radius 1 is 0.383 bits per heavy atom. The minimum absolute atomic E-state index is 0.0756. The molecule has 0 saturated carbocycles. The average molecular weight is 839 g/mol. The summed E-state index contributed by atoms with van der Waals surface area (Å²) in [5, 5.41) is 0. The number of unbranched alkanes of at least 4 members (excludes halogenated alkanes) is 26. The highest BCUT2D eigenvalue weighted by atomic mass is 16.6. The van der Waals surface area contributed by atoms with Crippen molar-refractivity contribution in [3.05, 3.63) is 60.8 Å². The third-order valence-electron chi connectivity index (χ3n) is 11.0. The van der Waals surface area contributed by atoms with Crippen LogP contribution in [0.1, 0.15) is 252 Å². The Balaban J connectivity index is 4.28. The molecule has 0 bridgehead atoms. The fourth-order valence-electron chi connectivity index (χ4n) is 7.20. The lowest BCUT2D eigenvalue weighted by Crippen LogP contribution is -2.30. The number of esters is 2. The molecule has 0 saturated heterocycles. The number of carbonyl (C=O) groups excluding carboxylic acids is 2. The molecule has 0 aliphatic heterocycles. The van der Waals surface area contributed by atoms with Gasteiger partial charge in [-0.05, 0) is 83.5 Å². The first-order valence-corrected chi connectivity index (χ1v) is 25.8. The number of rotatable bonds is 47. The summed E-state index contributed by atoms with van der Waals surface area (Å²) in [4.78, 5) is 25.4. The lowest BCUT2D eigenvalue weighted by molar-refractivity contribution is -0.163. The van der Waals surface area contributed by atoms with Crippen LogP contribution in [-0.4, -0.2) is 37.9 Å². The Hall–Kier alpha value is -2.40. The van der Waals surface area contributed by atoms with Gasteiger partial charge in [0.05, 0.1) is 6.61 Å². The molecule has 0 aliphatic rings. The molecular weight excluding hydrogens is 741 g/mol. The predicted molar refractivity (Wildman–Crippen MR) is 261 cm³/mol. The fraction of sp³-hybridized carbons (Fsp3) is 0.782. The molecule has 0 heterocycles. The van der Waals surface area contributed by atoms with Crippen LogP contribution < -0.4 is 0 Å². The van der Waals surface area contributed by atoms with Crippen molar-refractivity contribution >= 4 is 11.9 Å². The molecule has 0 spiro atoms. The zero-order valence-corrected chi connectivity index (χ0v) is 40.0. The van der Waals surface area contributed by atoms with Gasteiger partial charge in [0, 0.05) is 19.4 Å². The highest BCUT2D eigenvalue weighted by Gasteiger charge is 2.17. The van der Waals surface area contributed by atoms with E-state index in [2.05, 4.69) is 81.5 Å². The summed E-state index contributed by atoms with van der Waals surface area (Å²) >= 11 is 0. The quantitative estimate of drug-likeness (QED) is 0.0347. The van der Waals surface area contributed by atoms with E-state index < -0.39 is 6.10 Å². The lowest BCUT2D eigenvalue weighted by Gasteiger charge is -2.18. The second kappa shape index (κ2) is 51.0. The van der Waals surface area contributed by atoms with Crippen molar-refractivity contribution in [1.29, 1.82) is 0 Å². The average Bonchev–Trinajstić information content (AvgIpc) is 3.25. The Kier molecular flexibility index (Phi) is 48.9. The van der Waals surface area contributed by atoms with Crippen LogP contribution in [0.4, 0.5) is 0 Å². The van der Waals surface area contributed by atoms with Gasteiger partial charge in [-0.3, -0.25) is 9.59 Å². The van der Waals surface area contributed by atoms with E-state index in [1.807, 2.05) is 0 Å². The minimum Gasteiger partial charge on any atom is -0.462 e. The van der Waals surface area contributed by atoms with E-state index >= 15 is 0 Å². The molecule has 348 valence electrons. The van der Waals surface area contributed by atoms with Crippen LogP contribution in [0.25, 0.3) is 0 Å². The zero-order chi connectivity index (χ0) is 43.5. The summed E-state index contributed by atoms with van der Waals surface area (Å²) in [5.41, 5.74) is 0. The molecule has 0 aromatic rings. The third kappa shape index (κ3) is 48.3. The summed E-state index contributed by atoms with van der Waals surface area (Å²) in [7, 11) is 0. The first-order chi connectivity index (χ1) is 29.6. The van der Waals surface area contributed by atoms with Crippen LogP contribution >= 0.6 is 0 Å². The summed E-state index contributed by atoms with van der Waals surface area (Å²) in [6.45, 7) is 7.69. The van der Waals surface area contributed by atoms with E-state index in [-0.39, 0.29) is 25.2 Å². The molecule has 0 N–H and O–H groups in total. The Labute approximate surface area is 373 Å². The molecule has 0 aliphatic carbocycles. The highest BCUT2D eigenvalue weighted by molar-refractivity contribution is 5.70. The molecule has 0 fully saturated rings. The molecule has 0 amide bonds. The van der Waals surface area contributed by atoms with Crippen molar-refractivity contribution in [3.63, 3.8) is 0 Å². The van der Waals surface area contributed by atoms with Crippen molar-refractivity contribution in [2.45, 2.75) is 258 Å². The molecule has 0 aromatic heterocycles. The highest BCUT2D eigenvalue weighted by Crippen LogP contribution is 2.14.